The molecule has 0 heterocycles. The fourth-order valence-electron chi connectivity index (χ4n) is 8.68. The zero-order valence-corrected chi connectivity index (χ0v) is 48.0. The molecule has 3 atom stereocenters. The van der Waals surface area contributed by atoms with Gasteiger partial charge in [-0.25, -0.2) is 14.4 Å². The monoisotopic (exact) mass is 1190 g/mol. The van der Waals surface area contributed by atoms with Crippen LogP contribution >= 0.6 is 0 Å². The second kappa shape index (κ2) is 45.4. The molecule has 24 heteroatoms. The molecule has 3 amide bonds. The summed E-state index contributed by atoms with van der Waals surface area (Å²) in [6.07, 6.45) is -0.0865. The van der Waals surface area contributed by atoms with Gasteiger partial charge in [0.15, 0.2) is 0 Å². The van der Waals surface area contributed by atoms with Crippen LogP contribution in [0.15, 0.2) is 91.0 Å². The van der Waals surface area contributed by atoms with E-state index in [9.17, 15) is 28.8 Å². The van der Waals surface area contributed by atoms with Crippen molar-refractivity contribution in [2.75, 3.05) is 159 Å². The van der Waals surface area contributed by atoms with E-state index in [4.69, 9.17) is 72.2 Å². The Morgan fingerprint density at radius 2 is 0.524 bits per heavy atom. The third-order valence-electron chi connectivity index (χ3n) is 12.8. The number of rotatable bonds is 48. The lowest BCUT2D eigenvalue weighted by atomic mass is 9.73. The maximum absolute atomic E-state index is 14.7. The van der Waals surface area contributed by atoms with Gasteiger partial charge in [-0.05, 0) is 36.0 Å². The first kappa shape index (κ1) is 70.5. The molecule has 84 heavy (non-hydrogen) atoms. The third-order valence-corrected chi connectivity index (χ3v) is 12.8. The number of carbonyl (C=O) groups is 6. The number of benzene rings is 3. The molecule has 1 saturated carbocycles. The summed E-state index contributed by atoms with van der Waals surface area (Å²) in [5, 5.41) is 35.1. The van der Waals surface area contributed by atoms with Gasteiger partial charge in [0.2, 0.25) is 17.7 Å². The molecule has 4 rings (SSSR count). The van der Waals surface area contributed by atoms with E-state index in [1.807, 2.05) is 18.2 Å². The first-order chi connectivity index (χ1) is 41.1. The summed E-state index contributed by atoms with van der Waals surface area (Å²) in [6, 6.07) is 23.4. The number of nitrogens with one attached hydrogen (secondary N) is 3. The van der Waals surface area contributed by atoms with Crippen LogP contribution in [0.5, 0.6) is 0 Å². The summed E-state index contributed by atoms with van der Waals surface area (Å²) in [4.78, 5) is 85.4. The minimum Gasteiger partial charge on any atom is -0.462 e. The van der Waals surface area contributed by atoms with Crippen LogP contribution in [0, 0.1) is 17.8 Å². The molecule has 0 unspecified atom stereocenters. The van der Waals surface area contributed by atoms with Crippen molar-refractivity contribution in [1.82, 2.24) is 16.0 Å². The van der Waals surface area contributed by atoms with Crippen LogP contribution in [-0.4, -0.2) is 228 Å². The second-order valence-electron chi connectivity index (χ2n) is 19.2. The quantitative estimate of drug-likeness (QED) is 0.0261. The Balaban J connectivity index is 1.51. The van der Waals surface area contributed by atoms with Crippen LogP contribution in [0.1, 0.15) is 36.0 Å². The lowest BCUT2D eigenvalue weighted by molar-refractivity contribution is -0.151. The molecule has 0 spiro atoms. The Hall–Kier alpha value is -6.00. The van der Waals surface area contributed by atoms with Crippen LogP contribution in [0.4, 0.5) is 0 Å². The van der Waals surface area contributed by atoms with Gasteiger partial charge in [-0.1, -0.05) is 91.0 Å². The molecule has 3 aromatic carbocycles. The second-order valence-corrected chi connectivity index (χ2v) is 19.2. The van der Waals surface area contributed by atoms with Crippen molar-refractivity contribution in [2.45, 2.75) is 56.7 Å². The molecule has 24 nitrogen and oxygen atoms in total. The number of hydrogen-bond donors (Lipinski definition) is 6. The Kier molecular flexibility index (Phi) is 38.1. The molecule has 1 aliphatic carbocycles. The summed E-state index contributed by atoms with van der Waals surface area (Å²) in [5.74, 6) is -7.19. The normalized spacial score (nSPS) is 16.0. The molecule has 468 valence electrons. The maximum Gasteiger partial charge on any atom is 0.329 e. The highest BCUT2D eigenvalue weighted by Crippen LogP contribution is 2.35. The first-order valence-electron chi connectivity index (χ1n) is 28.7. The van der Waals surface area contributed by atoms with E-state index in [2.05, 4.69) is 16.0 Å². The van der Waals surface area contributed by atoms with Gasteiger partial charge in [0.1, 0.15) is 37.9 Å². The van der Waals surface area contributed by atoms with Crippen molar-refractivity contribution in [3.05, 3.63) is 108 Å². The van der Waals surface area contributed by atoms with Crippen molar-refractivity contribution < 1.29 is 101 Å². The van der Waals surface area contributed by atoms with E-state index in [0.29, 0.717) is 39.6 Å². The fourth-order valence-corrected chi connectivity index (χ4v) is 8.68. The minimum atomic E-state index is -1.19. The average molecular weight is 1190 g/mol. The number of amides is 3. The molecule has 0 bridgehead atoms. The molecule has 0 radical (unpaired) electrons. The van der Waals surface area contributed by atoms with Crippen LogP contribution < -0.4 is 16.0 Å². The van der Waals surface area contributed by atoms with Crippen LogP contribution in [0.2, 0.25) is 0 Å². The lowest BCUT2D eigenvalue weighted by Gasteiger charge is -2.34. The van der Waals surface area contributed by atoms with Crippen molar-refractivity contribution in [2.24, 2.45) is 17.8 Å². The van der Waals surface area contributed by atoms with E-state index in [-0.39, 0.29) is 157 Å². The van der Waals surface area contributed by atoms with Crippen molar-refractivity contribution >= 4 is 35.6 Å². The van der Waals surface area contributed by atoms with E-state index in [0.717, 1.165) is 16.7 Å². The number of aliphatic hydroxyl groups is 3. The molecule has 0 saturated heterocycles. The summed E-state index contributed by atoms with van der Waals surface area (Å²) >= 11 is 0. The van der Waals surface area contributed by atoms with Crippen molar-refractivity contribution in [3.63, 3.8) is 0 Å². The first-order valence-corrected chi connectivity index (χ1v) is 28.7. The number of esters is 3. The highest BCUT2D eigenvalue weighted by molar-refractivity contribution is 5.91. The van der Waals surface area contributed by atoms with Gasteiger partial charge in [0, 0.05) is 37.0 Å². The summed E-state index contributed by atoms with van der Waals surface area (Å²) in [6.45, 7) is 3.37. The Morgan fingerprint density at radius 3 is 0.738 bits per heavy atom. The number of aliphatic hydroxyl groups excluding tert-OH is 3. The highest BCUT2D eigenvalue weighted by Gasteiger charge is 2.42. The third kappa shape index (κ3) is 31.2. The van der Waals surface area contributed by atoms with Gasteiger partial charge in [-0.2, -0.15) is 0 Å². The van der Waals surface area contributed by atoms with Gasteiger partial charge in [-0.15, -0.1) is 0 Å². The Morgan fingerprint density at radius 1 is 0.321 bits per heavy atom. The van der Waals surface area contributed by atoms with E-state index in [1.165, 1.54) is 0 Å². The molecular weight excluding hydrogens is 1100 g/mol. The predicted octanol–water partition coefficient (Wildman–Crippen LogP) is 0.957. The molecule has 0 aliphatic heterocycles. The molecule has 1 aliphatic rings. The topological polar surface area (TPSA) is 310 Å². The van der Waals surface area contributed by atoms with Gasteiger partial charge in [0.25, 0.3) is 0 Å². The maximum atomic E-state index is 14.7. The molecule has 6 N–H and O–H groups in total. The lowest BCUT2D eigenvalue weighted by Crippen LogP contribution is -2.52. The van der Waals surface area contributed by atoms with Gasteiger partial charge >= 0.3 is 17.9 Å². The molecular formula is C60H87N3O21. The number of ether oxygens (including phenoxy) is 12. The standard InChI is InChI=1S/C60H87N3O21/c64-16-19-73-22-25-76-28-31-79-34-37-82-58(70)52(40-46-10-4-1-5-11-46)61-55(67)49-43-50(56(68)62-53(41-47-12-6-2-7-13-47)59(71)83-38-35-80-32-29-77-26-23-74-20-17-65)45-51(44-49)57(69)63-54(42-48-14-8-3-9-15-48)60(72)84-39-36-81-33-30-78-27-24-75-21-18-66/h1-15,49-54,64-66H,16-45H2,(H,61,67)(H,62,68)(H,63,69)/t49?,50?,51?,52-,53-,54-/m0/s1. The molecule has 0 aromatic heterocycles. The number of hydrogen-bond acceptors (Lipinski definition) is 21. The Bertz CT molecular complexity index is 1980. The summed E-state index contributed by atoms with van der Waals surface area (Å²) in [5.41, 5.74) is 2.16. The zero-order valence-electron chi connectivity index (χ0n) is 48.0. The fraction of sp³-hybridized carbons (Fsp3) is 0.600. The minimum absolute atomic E-state index is 0.0386. The highest BCUT2D eigenvalue weighted by atomic mass is 16.6. The van der Waals surface area contributed by atoms with E-state index >= 15 is 0 Å². The van der Waals surface area contributed by atoms with E-state index < -0.39 is 71.5 Å². The van der Waals surface area contributed by atoms with Crippen molar-refractivity contribution in [3.8, 4) is 0 Å². The molecule has 1 fully saturated rings. The van der Waals surface area contributed by atoms with Crippen molar-refractivity contribution in [1.29, 1.82) is 0 Å². The zero-order chi connectivity index (χ0) is 60.1. The van der Waals surface area contributed by atoms with Gasteiger partial charge in [-0.3, -0.25) is 14.4 Å². The smallest absolute Gasteiger partial charge is 0.329 e. The average Bonchev–Trinajstić information content (AvgIpc) is 3.51. The summed E-state index contributed by atoms with van der Waals surface area (Å²) in [7, 11) is 0. The van der Waals surface area contributed by atoms with Crippen LogP contribution in [0.3, 0.4) is 0 Å². The predicted molar refractivity (Wildman–Crippen MR) is 302 cm³/mol. The van der Waals surface area contributed by atoms with Gasteiger partial charge in [0.05, 0.1) is 139 Å². The molecule has 3 aromatic rings. The largest absolute Gasteiger partial charge is 0.462 e. The SMILES string of the molecule is O=C(N[C@@H](Cc1ccccc1)C(=O)OCCOCCOCCOCCO)C1CC(C(=O)N[C@@H](Cc2ccccc2)C(=O)OCCOCCOCCOCCO)CC(C(=O)N[C@@H](Cc2ccccc2)C(=O)OCCOCCOCCOCCO)C1. The Labute approximate surface area is 491 Å². The van der Waals surface area contributed by atoms with E-state index in [1.54, 1.807) is 72.8 Å². The number of carbonyl (C=O) groups excluding carboxylic acids is 6. The van der Waals surface area contributed by atoms with Crippen LogP contribution in [-0.2, 0) is 105 Å². The summed E-state index contributed by atoms with van der Waals surface area (Å²) < 4.78 is 65.3. The van der Waals surface area contributed by atoms with Gasteiger partial charge < -0.3 is 88.1 Å². The van der Waals surface area contributed by atoms with Crippen LogP contribution in [0.25, 0.3) is 0 Å².